The van der Waals surface area contributed by atoms with E-state index in [4.69, 9.17) is 4.74 Å². The molecule has 0 saturated heterocycles. The summed E-state index contributed by atoms with van der Waals surface area (Å²) in [5.41, 5.74) is -0.646. The lowest BCUT2D eigenvalue weighted by molar-refractivity contribution is -0.149. The minimum atomic E-state index is -2.97. The van der Waals surface area contributed by atoms with Crippen LogP contribution in [0.15, 0.2) is 0 Å². The molecule has 1 saturated carbocycles. The van der Waals surface area contributed by atoms with Crippen molar-refractivity contribution in [3.63, 3.8) is 0 Å². The highest BCUT2D eigenvalue weighted by Crippen LogP contribution is 2.34. The van der Waals surface area contributed by atoms with Crippen LogP contribution in [-0.4, -0.2) is 69.6 Å². The van der Waals surface area contributed by atoms with Gasteiger partial charge in [-0.3, -0.25) is 10.1 Å². The van der Waals surface area contributed by atoms with E-state index in [1.165, 1.54) is 13.4 Å². The van der Waals surface area contributed by atoms with Gasteiger partial charge in [0.2, 0.25) is 0 Å². The molecule has 2 unspecified atom stereocenters. The van der Waals surface area contributed by atoms with Gasteiger partial charge >= 0.3 is 5.97 Å². The van der Waals surface area contributed by atoms with Crippen molar-refractivity contribution >= 4 is 15.8 Å². The van der Waals surface area contributed by atoms with Crippen molar-refractivity contribution in [1.82, 2.24) is 10.2 Å². The molecule has 0 radical (unpaired) electrons. The second kappa shape index (κ2) is 7.07. The van der Waals surface area contributed by atoms with Crippen LogP contribution in [0.3, 0.4) is 0 Å². The van der Waals surface area contributed by atoms with Gasteiger partial charge in [-0.2, -0.15) is 0 Å². The zero-order chi connectivity index (χ0) is 16.3. The van der Waals surface area contributed by atoms with E-state index in [1.54, 1.807) is 0 Å². The Balaban J connectivity index is 2.72. The largest absolute Gasteiger partial charge is 0.468 e. The summed E-state index contributed by atoms with van der Waals surface area (Å²) in [6.45, 7) is 4.50. The molecule has 0 heterocycles. The molecular formula is C14H28N2O4S. The summed E-state index contributed by atoms with van der Waals surface area (Å²) in [6, 6.07) is 0.376. The van der Waals surface area contributed by atoms with Crippen LogP contribution in [0.4, 0.5) is 0 Å². The summed E-state index contributed by atoms with van der Waals surface area (Å²) in [5, 5.41) is 3.34. The van der Waals surface area contributed by atoms with E-state index < -0.39 is 15.4 Å². The van der Waals surface area contributed by atoms with Gasteiger partial charge in [-0.1, -0.05) is 0 Å². The Labute approximate surface area is 128 Å². The number of carbonyl (C=O) groups excluding carboxylic acids is 1. The number of rotatable bonds is 7. The van der Waals surface area contributed by atoms with Gasteiger partial charge in [0.05, 0.1) is 12.9 Å². The average Bonchev–Trinajstić information content (AvgIpc) is 2.78. The fraction of sp³-hybridized carbons (Fsp3) is 0.929. The lowest BCUT2D eigenvalue weighted by Gasteiger charge is -2.31. The van der Waals surface area contributed by atoms with Gasteiger partial charge in [-0.15, -0.1) is 0 Å². The quantitative estimate of drug-likeness (QED) is 0.686. The second-order valence-electron chi connectivity index (χ2n) is 6.38. The van der Waals surface area contributed by atoms with Crippen LogP contribution in [0.1, 0.15) is 33.1 Å². The van der Waals surface area contributed by atoms with Crippen LogP contribution in [-0.2, 0) is 19.4 Å². The predicted octanol–water partition coefficient (Wildman–Crippen LogP) is 0.425. The monoisotopic (exact) mass is 320 g/mol. The fourth-order valence-corrected chi connectivity index (χ4v) is 3.63. The molecule has 21 heavy (non-hydrogen) atoms. The first kappa shape index (κ1) is 18.4. The minimum absolute atomic E-state index is 0.142. The van der Waals surface area contributed by atoms with Crippen molar-refractivity contribution in [3.8, 4) is 0 Å². The third kappa shape index (κ3) is 5.23. The summed E-state index contributed by atoms with van der Waals surface area (Å²) in [5.74, 6) is -0.0850. The fourth-order valence-electron chi connectivity index (χ4n) is 3.01. The molecule has 6 nitrogen and oxygen atoms in total. The lowest BCUT2D eigenvalue weighted by Crippen LogP contribution is -2.54. The number of methoxy groups -OCH3 is 1. The summed E-state index contributed by atoms with van der Waals surface area (Å²) in [7, 11) is 0.358. The molecule has 0 aromatic rings. The van der Waals surface area contributed by atoms with Crippen LogP contribution in [0.2, 0.25) is 0 Å². The number of nitrogens with zero attached hydrogens (tertiary/aromatic N) is 1. The number of carbonyl (C=O) groups is 1. The SMILES string of the molecule is COC(=O)C1(NC(C)C)CCC(N(C)CCS(C)(=O)=O)C1. The number of nitrogens with one attached hydrogen (secondary N) is 1. The topological polar surface area (TPSA) is 75.7 Å². The summed E-state index contributed by atoms with van der Waals surface area (Å²) in [4.78, 5) is 14.2. The highest BCUT2D eigenvalue weighted by atomic mass is 32.2. The van der Waals surface area contributed by atoms with E-state index in [1.807, 2.05) is 25.8 Å². The van der Waals surface area contributed by atoms with E-state index in [0.717, 1.165) is 6.42 Å². The maximum atomic E-state index is 12.2. The molecule has 124 valence electrons. The summed E-state index contributed by atoms with van der Waals surface area (Å²) >= 11 is 0. The summed E-state index contributed by atoms with van der Waals surface area (Å²) < 4.78 is 27.5. The van der Waals surface area contributed by atoms with E-state index in [2.05, 4.69) is 5.32 Å². The van der Waals surface area contributed by atoms with E-state index >= 15 is 0 Å². The third-order valence-electron chi connectivity index (χ3n) is 4.07. The second-order valence-corrected chi connectivity index (χ2v) is 8.64. The Kier molecular flexibility index (Phi) is 6.19. The number of sulfone groups is 1. The molecule has 0 aromatic heterocycles. The molecule has 0 bridgehead atoms. The van der Waals surface area contributed by atoms with Gasteiger partial charge in [-0.25, -0.2) is 8.42 Å². The van der Waals surface area contributed by atoms with Crippen LogP contribution >= 0.6 is 0 Å². The third-order valence-corrected chi connectivity index (χ3v) is 4.99. The molecule has 0 spiro atoms. The first-order chi connectivity index (χ1) is 9.59. The van der Waals surface area contributed by atoms with Crippen LogP contribution < -0.4 is 5.32 Å². The van der Waals surface area contributed by atoms with Gasteiger partial charge in [0.1, 0.15) is 15.4 Å². The Morgan fingerprint density at radius 1 is 1.48 bits per heavy atom. The smallest absolute Gasteiger partial charge is 0.326 e. The Hall–Kier alpha value is -0.660. The van der Waals surface area contributed by atoms with Crippen molar-refractivity contribution in [1.29, 1.82) is 0 Å². The molecule has 0 aromatic carbocycles. The molecule has 7 heteroatoms. The molecule has 0 aliphatic heterocycles. The van der Waals surface area contributed by atoms with E-state index in [9.17, 15) is 13.2 Å². The van der Waals surface area contributed by atoms with Gasteiger partial charge in [0.25, 0.3) is 0 Å². The average molecular weight is 320 g/mol. The van der Waals surface area contributed by atoms with E-state index in [-0.39, 0.29) is 23.8 Å². The van der Waals surface area contributed by atoms with Crippen LogP contribution in [0, 0.1) is 0 Å². The van der Waals surface area contributed by atoms with E-state index in [0.29, 0.717) is 19.4 Å². The molecule has 1 rings (SSSR count). The van der Waals surface area contributed by atoms with Crippen LogP contribution in [0.25, 0.3) is 0 Å². The zero-order valence-corrected chi connectivity index (χ0v) is 14.5. The normalized spacial score (nSPS) is 26.5. The predicted molar refractivity (Wildman–Crippen MR) is 83.0 cm³/mol. The maximum Gasteiger partial charge on any atom is 0.326 e. The minimum Gasteiger partial charge on any atom is -0.468 e. The van der Waals surface area contributed by atoms with Gasteiger partial charge in [-0.05, 0) is 40.2 Å². The van der Waals surface area contributed by atoms with Gasteiger partial charge in [0.15, 0.2) is 0 Å². The zero-order valence-electron chi connectivity index (χ0n) is 13.7. The maximum absolute atomic E-state index is 12.2. The Morgan fingerprint density at radius 2 is 2.10 bits per heavy atom. The van der Waals surface area contributed by atoms with Crippen molar-refractivity contribution in [2.24, 2.45) is 0 Å². The number of ether oxygens (including phenoxy) is 1. The van der Waals surface area contributed by atoms with Gasteiger partial charge < -0.3 is 9.64 Å². The molecule has 1 aliphatic rings. The number of hydrogen-bond acceptors (Lipinski definition) is 6. The standard InChI is InChI=1S/C14H28N2O4S/c1-11(2)15-14(13(17)20-4)7-6-12(10-14)16(3)8-9-21(5,18)19/h11-12,15H,6-10H2,1-5H3. The lowest BCUT2D eigenvalue weighted by atomic mass is 9.96. The number of hydrogen-bond donors (Lipinski definition) is 1. The Morgan fingerprint density at radius 3 is 2.57 bits per heavy atom. The molecule has 1 N–H and O–H groups in total. The molecular weight excluding hydrogens is 292 g/mol. The van der Waals surface area contributed by atoms with Crippen LogP contribution in [0.5, 0.6) is 0 Å². The summed E-state index contributed by atoms with van der Waals surface area (Å²) in [6.07, 6.45) is 3.47. The molecule has 2 atom stereocenters. The van der Waals surface area contributed by atoms with Crippen molar-refractivity contribution in [2.75, 3.05) is 32.7 Å². The van der Waals surface area contributed by atoms with Gasteiger partial charge in [0, 0.05) is 24.9 Å². The molecule has 1 aliphatic carbocycles. The highest BCUT2D eigenvalue weighted by molar-refractivity contribution is 7.90. The Bertz CT molecular complexity index is 464. The molecule has 0 amide bonds. The van der Waals surface area contributed by atoms with Crippen molar-refractivity contribution in [3.05, 3.63) is 0 Å². The highest BCUT2D eigenvalue weighted by Gasteiger charge is 2.47. The number of esters is 1. The first-order valence-electron chi connectivity index (χ1n) is 7.34. The first-order valence-corrected chi connectivity index (χ1v) is 9.40. The molecule has 1 fully saturated rings. The van der Waals surface area contributed by atoms with Crippen molar-refractivity contribution in [2.45, 2.75) is 50.7 Å². The van der Waals surface area contributed by atoms with Crippen molar-refractivity contribution < 1.29 is 17.9 Å².